The summed E-state index contributed by atoms with van der Waals surface area (Å²) in [5.41, 5.74) is 1.64. The summed E-state index contributed by atoms with van der Waals surface area (Å²) in [4.78, 5) is 33.1. The van der Waals surface area contributed by atoms with Crippen molar-refractivity contribution < 1.29 is 9.59 Å². The van der Waals surface area contributed by atoms with E-state index < -0.39 is 0 Å². The number of para-hydroxylation sites is 2. The second-order valence-electron chi connectivity index (χ2n) is 6.37. The molecular formula is C22H18N4O2S. The van der Waals surface area contributed by atoms with E-state index in [0.29, 0.717) is 11.6 Å². The Morgan fingerprint density at radius 2 is 1.10 bits per heavy atom. The van der Waals surface area contributed by atoms with E-state index in [1.165, 1.54) is 11.8 Å². The zero-order valence-corrected chi connectivity index (χ0v) is 16.3. The Balaban J connectivity index is 1.26. The molecule has 2 aromatic carbocycles. The molecule has 0 aliphatic heterocycles. The number of pyridine rings is 2. The van der Waals surface area contributed by atoms with Gasteiger partial charge in [-0.2, -0.15) is 0 Å². The number of hydrogen-bond acceptors (Lipinski definition) is 5. The Labute approximate surface area is 171 Å². The van der Waals surface area contributed by atoms with Gasteiger partial charge in [-0.1, -0.05) is 36.4 Å². The van der Waals surface area contributed by atoms with Crippen LogP contribution in [0.5, 0.6) is 0 Å². The van der Waals surface area contributed by atoms with Gasteiger partial charge in [0.25, 0.3) is 0 Å². The third-order valence-electron chi connectivity index (χ3n) is 4.20. The van der Waals surface area contributed by atoms with Crippen LogP contribution in [0, 0.1) is 0 Å². The molecule has 0 saturated carbocycles. The summed E-state index contributed by atoms with van der Waals surface area (Å²) in [6.07, 6.45) is 0. The van der Waals surface area contributed by atoms with E-state index in [1.807, 2.05) is 60.7 Å². The zero-order chi connectivity index (χ0) is 20.1. The fourth-order valence-corrected chi connectivity index (χ4v) is 3.48. The van der Waals surface area contributed by atoms with Crippen molar-refractivity contribution in [3.8, 4) is 0 Å². The quantitative estimate of drug-likeness (QED) is 0.507. The van der Waals surface area contributed by atoms with E-state index in [0.717, 1.165) is 21.8 Å². The van der Waals surface area contributed by atoms with Crippen LogP contribution in [0.2, 0.25) is 0 Å². The van der Waals surface area contributed by atoms with E-state index >= 15 is 0 Å². The third-order valence-corrected chi connectivity index (χ3v) is 5.13. The zero-order valence-electron chi connectivity index (χ0n) is 15.5. The number of carbonyl (C=O) groups is 2. The van der Waals surface area contributed by atoms with Crippen LogP contribution in [-0.2, 0) is 9.59 Å². The standard InChI is InChI=1S/C22H18N4O2S/c27-21(25-19-11-9-15-5-1-3-7-17(15)23-19)13-29-14-22(28)26-20-12-10-16-6-2-4-8-18(16)24-20/h1-12H,13-14H2,(H,23,25,27)(H,24,26,28). The number of amides is 2. The molecular weight excluding hydrogens is 384 g/mol. The molecule has 144 valence electrons. The lowest BCUT2D eigenvalue weighted by atomic mass is 10.2. The maximum atomic E-state index is 12.1. The highest BCUT2D eigenvalue weighted by Gasteiger charge is 2.08. The van der Waals surface area contributed by atoms with Crippen molar-refractivity contribution in [3.05, 3.63) is 72.8 Å². The highest BCUT2D eigenvalue weighted by atomic mass is 32.2. The highest BCUT2D eigenvalue weighted by Crippen LogP contribution is 2.16. The molecule has 4 aromatic rings. The lowest BCUT2D eigenvalue weighted by Gasteiger charge is -2.07. The number of rotatable bonds is 6. The molecule has 29 heavy (non-hydrogen) atoms. The van der Waals surface area contributed by atoms with Crippen LogP contribution >= 0.6 is 11.8 Å². The monoisotopic (exact) mass is 402 g/mol. The van der Waals surface area contributed by atoms with Gasteiger partial charge in [-0.3, -0.25) is 9.59 Å². The maximum absolute atomic E-state index is 12.1. The summed E-state index contributed by atoms with van der Waals surface area (Å²) in [7, 11) is 0. The molecule has 2 amide bonds. The fraction of sp³-hybridized carbons (Fsp3) is 0.0909. The van der Waals surface area contributed by atoms with Gasteiger partial charge >= 0.3 is 0 Å². The summed E-state index contributed by atoms with van der Waals surface area (Å²) in [5.74, 6) is 0.919. The summed E-state index contributed by atoms with van der Waals surface area (Å²) < 4.78 is 0. The molecule has 0 radical (unpaired) electrons. The minimum Gasteiger partial charge on any atom is -0.310 e. The first kappa shape index (κ1) is 18.9. The van der Waals surface area contributed by atoms with Crippen molar-refractivity contribution in [3.63, 3.8) is 0 Å². The summed E-state index contributed by atoms with van der Waals surface area (Å²) in [5, 5.41) is 7.55. The molecule has 6 nitrogen and oxygen atoms in total. The second kappa shape index (κ2) is 8.70. The Morgan fingerprint density at radius 1 is 0.655 bits per heavy atom. The van der Waals surface area contributed by atoms with E-state index in [9.17, 15) is 9.59 Å². The lowest BCUT2D eigenvalue weighted by Crippen LogP contribution is -2.19. The smallest absolute Gasteiger partial charge is 0.235 e. The van der Waals surface area contributed by atoms with Crippen LogP contribution in [0.15, 0.2) is 72.8 Å². The Morgan fingerprint density at radius 3 is 1.59 bits per heavy atom. The normalized spacial score (nSPS) is 10.8. The first-order valence-electron chi connectivity index (χ1n) is 9.06. The predicted molar refractivity (Wildman–Crippen MR) is 118 cm³/mol. The van der Waals surface area contributed by atoms with E-state index in [1.54, 1.807) is 12.1 Å². The van der Waals surface area contributed by atoms with Crippen molar-refractivity contribution in [1.82, 2.24) is 9.97 Å². The Bertz CT molecular complexity index is 1100. The van der Waals surface area contributed by atoms with Crippen LogP contribution in [-0.4, -0.2) is 33.3 Å². The number of thioether (sulfide) groups is 1. The number of carbonyl (C=O) groups excluding carboxylic acids is 2. The van der Waals surface area contributed by atoms with Crippen molar-refractivity contribution >= 4 is 57.0 Å². The summed E-state index contributed by atoms with van der Waals surface area (Å²) in [6.45, 7) is 0. The SMILES string of the molecule is O=C(CSCC(=O)Nc1ccc2ccccc2n1)Nc1ccc2ccccc2n1. The van der Waals surface area contributed by atoms with Crippen molar-refractivity contribution in [2.24, 2.45) is 0 Å². The molecule has 0 saturated heterocycles. The van der Waals surface area contributed by atoms with E-state index in [4.69, 9.17) is 0 Å². The van der Waals surface area contributed by atoms with Gasteiger partial charge in [0.05, 0.1) is 22.5 Å². The molecule has 2 aromatic heterocycles. The van der Waals surface area contributed by atoms with Gasteiger partial charge in [0.15, 0.2) is 0 Å². The Hall–Kier alpha value is -3.45. The van der Waals surface area contributed by atoms with E-state index in [2.05, 4.69) is 20.6 Å². The van der Waals surface area contributed by atoms with Gasteiger partial charge in [-0.05, 0) is 36.4 Å². The molecule has 4 rings (SSSR count). The summed E-state index contributed by atoms with van der Waals surface area (Å²) >= 11 is 1.24. The number of benzene rings is 2. The number of aromatic nitrogens is 2. The number of nitrogens with zero attached hydrogens (tertiary/aromatic N) is 2. The largest absolute Gasteiger partial charge is 0.310 e. The number of anilines is 2. The van der Waals surface area contributed by atoms with Crippen LogP contribution < -0.4 is 10.6 Å². The van der Waals surface area contributed by atoms with Gasteiger partial charge in [0, 0.05) is 10.8 Å². The average molecular weight is 402 g/mol. The number of nitrogens with one attached hydrogen (secondary N) is 2. The fourth-order valence-electron chi connectivity index (χ4n) is 2.87. The maximum Gasteiger partial charge on any atom is 0.235 e. The molecule has 7 heteroatoms. The van der Waals surface area contributed by atoms with Gasteiger partial charge in [0.2, 0.25) is 11.8 Å². The summed E-state index contributed by atoms with van der Waals surface area (Å²) in [6, 6.07) is 22.8. The van der Waals surface area contributed by atoms with Gasteiger partial charge in [-0.25, -0.2) is 9.97 Å². The molecule has 0 spiro atoms. The average Bonchev–Trinajstić information content (AvgIpc) is 2.73. The molecule has 0 bridgehead atoms. The Kier molecular flexibility index (Phi) is 5.67. The molecule has 0 aliphatic carbocycles. The minimum atomic E-state index is -0.200. The molecule has 0 fully saturated rings. The van der Waals surface area contributed by atoms with E-state index in [-0.39, 0.29) is 23.3 Å². The molecule has 0 aliphatic rings. The van der Waals surface area contributed by atoms with Crippen LogP contribution in [0.3, 0.4) is 0 Å². The minimum absolute atomic E-state index is 0.160. The van der Waals surface area contributed by atoms with Crippen molar-refractivity contribution in [2.45, 2.75) is 0 Å². The van der Waals surface area contributed by atoms with Gasteiger partial charge in [-0.15, -0.1) is 11.8 Å². The first-order chi connectivity index (χ1) is 14.2. The molecule has 0 atom stereocenters. The lowest BCUT2D eigenvalue weighted by molar-refractivity contribution is -0.114. The number of hydrogen-bond donors (Lipinski definition) is 2. The predicted octanol–water partition coefficient (Wildman–Crippen LogP) is 4.09. The van der Waals surface area contributed by atoms with Crippen LogP contribution in [0.1, 0.15) is 0 Å². The van der Waals surface area contributed by atoms with Gasteiger partial charge in [0.1, 0.15) is 11.6 Å². The van der Waals surface area contributed by atoms with Gasteiger partial charge < -0.3 is 10.6 Å². The van der Waals surface area contributed by atoms with Crippen LogP contribution in [0.25, 0.3) is 21.8 Å². The van der Waals surface area contributed by atoms with Crippen LogP contribution in [0.4, 0.5) is 11.6 Å². The number of fused-ring (bicyclic) bond motifs is 2. The second-order valence-corrected chi connectivity index (χ2v) is 7.35. The molecule has 0 unspecified atom stereocenters. The molecule has 2 heterocycles. The molecule has 2 N–H and O–H groups in total. The highest BCUT2D eigenvalue weighted by molar-refractivity contribution is 8.00. The third kappa shape index (κ3) is 4.89. The first-order valence-corrected chi connectivity index (χ1v) is 10.2. The topological polar surface area (TPSA) is 84.0 Å². The van der Waals surface area contributed by atoms with Crippen molar-refractivity contribution in [1.29, 1.82) is 0 Å². The van der Waals surface area contributed by atoms with Crippen molar-refractivity contribution in [2.75, 3.05) is 22.1 Å².